The van der Waals surface area contributed by atoms with Crippen LogP contribution in [-0.4, -0.2) is 36.7 Å². The van der Waals surface area contributed by atoms with Gasteiger partial charge < -0.3 is 19.5 Å². The van der Waals surface area contributed by atoms with E-state index in [1.165, 1.54) is 41.3 Å². The maximum Gasteiger partial charge on any atom is 0.573 e. The standard InChI is InChI=1S/C26H20F9NO3/c27-24(28,29)23(37)14-36-21(16-5-2-7-18(13-16)39-26(33,34)35)11-10-20-19(8-3-9-22(20)36)15-4-1-6-17(12-15)38-25(30,31)32/h1-9,12-13,21,23,37H,10-11,14H2. The molecule has 0 bridgehead atoms. The summed E-state index contributed by atoms with van der Waals surface area (Å²) in [6.07, 6.45) is -17.3. The third-order valence-corrected chi connectivity index (χ3v) is 6.11. The van der Waals surface area contributed by atoms with Crippen LogP contribution in [0.2, 0.25) is 0 Å². The van der Waals surface area contributed by atoms with Crippen LogP contribution in [0.3, 0.4) is 0 Å². The van der Waals surface area contributed by atoms with Crippen molar-refractivity contribution in [2.75, 3.05) is 11.4 Å². The highest BCUT2D eigenvalue weighted by Crippen LogP contribution is 2.44. The lowest BCUT2D eigenvalue weighted by atomic mass is 9.86. The maximum atomic E-state index is 13.4. The van der Waals surface area contributed by atoms with E-state index in [1.54, 1.807) is 6.07 Å². The zero-order chi connectivity index (χ0) is 28.6. The highest BCUT2D eigenvalue weighted by molar-refractivity contribution is 5.76. The number of fused-ring (bicyclic) bond motifs is 1. The van der Waals surface area contributed by atoms with E-state index in [9.17, 15) is 44.6 Å². The van der Waals surface area contributed by atoms with Crippen molar-refractivity contribution in [1.82, 2.24) is 0 Å². The van der Waals surface area contributed by atoms with Crippen LogP contribution in [0.5, 0.6) is 11.5 Å². The Hall–Kier alpha value is -3.61. The van der Waals surface area contributed by atoms with Crippen LogP contribution >= 0.6 is 0 Å². The summed E-state index contributed by atoms with van der Waals surface area (Å²) in [5.41, 5.74) is 1.71. The molecule has 3 aromatic carbocycles. The number of hydrogen-bond acceptors (Lipinski definition) is 4. The minimum Gasteiger partial charge on any atom is -0.406 e. The number of aliphatic hydroxyl groups excluding tert-OH is 1. The van der Waals surface area contributed by atoms with Gasteiger partial charge in [0.1, 0.15) is 11.5 Å². The van der Waals surface area contributed by atoms with Crippen LogP contribution in [0, 0.1) is 0 Å². The molecule has 3 aromatic rings. The van der Waals surface area contributed by atoms with Crippen LogP contribution in [0.15, 0.2) is 66.7 Å². The van der Waals surface area contributed by atoms with Gasteiger partial charge in [0.25, 0.3) is 0 Å². The number of aliphatic hydroxyl groups is 1. The minimum atomic E-state index is -4.98. The predicted molar refractivity (Wildman–Crippen MR) is 122 cm³/mol. The second kappa shape index (κ2) is 10.5. The SMILES string of the molecule is OC(CN1c2cccc(-c3cccc(OC(F)(F)F)c3)c2CCC1c1cccc(OC(F)(F)F)c1)C(F)(F)F. The van der Waals surface area contributed by atoms with Crippen LogP contribution in [0.25, 0.3) is 11.1 Å². The predicted octanol–water partition coefficient (Wildman–Crippen LogP) is 7.57. The summed E-state index contributed by atoms with van der Waals surface area (Å²) < 4.78 is 124. The van der Waals surface area contributed by atoms with Crippen molar-refractivity contribution in [1.29, 1.82) is 0 Å². The first-order valence-corrected chi connectivity index (χ1v) is 11.5. The van der Waals surface area contributed by atoms with Crippen molar-refractivity contribution < 1.29 is 54.1 Å². The number of ether oxygens (including phenoxy) is 2. The Morgan fingerprint density at radius 2 is 1.38 bits per heavy atom. The van der Waals surface area contributed by atoms with E-state index in [-0.39, 0.29) is 24.1 Å². The first-order chi connectivity index (χ1) is 18.1. The third kappa shape index (κ3) is 7.08. The van der Waals surface area contributed by atoms with Gasteiger partial charge in [0.2, 0.25) is 0 Å². The van der Waals surface area contributed by atoms with Crippen molar-refractivity contribution in [2.24, 2.45) is 0 Å². The van der Waals surface area contributed by atoms with Gasteiger partial charge in [-0.15, -0.1) is 26.3 Å². The monoisotopic (exact) mass is 565 g/mol. The lowest BCUT2D eigenvalue weighted by molar-refractivity contribution is -0.275. The van der Waals surface area contributed by atoms with E-state index in [0.29, 0.717) is 16.7 Å². The van der Waals surface area contributed by atoms with Crippen LogP contribution in [0.1, 0.15) is 23.6 Å². The quantitative estimate of drug-likeness (QED) is 0.313. The molecule has 1 N–H and O–H groups in total. The van der Waals surface area contributed by atoms with Gasteiger partial charge in [-0.1, -0.05) is 36.4 Å². The molecular weight excluding hydrogens is 545 g/mol. The molecule has 0 saturated carbocycles. The first-order valence-electron chi connectivity index (χ1n) is 11.5. The number of hydrogen-bond donors (Lipinski definition) is 1. The molecule has 4 rings (SSSR count). The summed E-state index contributed by atoms with van der Waals surface area (Å²) in [6.45, 7) is -0.938. The van der Waals surface area contributed by atoms with E-state index < -0.39 is 49.1 Å². The Labute approximate surface area is 216 Å². The molecule has 0 amide bonds. The molecule has 1 heterocycles. The van der Waals surface area contributed by atoms with Gasteiger partial charge in [0.05, 0.1) is 12.6 Å². The van der Waals surface area contributed by atoms with Crippen LogP contribution in [0.4, 0.5) is 45.2 Å². The second-order valence-electron chi connectivity index (χ2n) is 8.76. The van der Waals surface area contributed by atoms with Crippen molar-refractivity contribution in [2.45, 2.75) is 43.9 Å². The summed E-state index contributed by atoms with van der Waals surface area (Å²) in [5.74, 6) is -1.05. The number of benzene rings is 3. The van der Waals surface area contributed by atoms with Gasteiger partial charge in [0.15, 0.2) is 6.10 Å². The number of β-amino-alcohol motifs (C(OH)–C–C–N with tert-alkyl or cyclic N) is 1. The topological polar surface area (TPSA) is 41.9 Å². The van der Waals surface area contributed by atoms with Gasteiger partial charge in [-0.05, 0) is 65.4 Å². The molecule has 13 heteroatoms. The average molecular weight is 565 g/mol. The van der Waals surface area contributed by atoms with E-state index >= 15 is 0 Å². The van der Waals surface area contributed by atoms with Gasteiger partial charge in [-0.3, -0.25) is 0 Å². The summed E-state index contributed by atoms with van der Waals surface area (Å²) in [7, 11) is 0. The Balaban J connectivity index is 1.77. The van der Waals surface area contributed by atoms with Crippen LogP contribution < -0.4 is 14.4 Å². The molecule has 0 aliphatic carbocycles. The number of alkyl halides is 9. The van der Waals surface area contributed by atoms with Gasteiger partial charge in [-0.25, -0.2) is 0 Å². The fraction of sp³-hybridized carbons (Fsp3) is 0.308. The normalized spacial score (nSPS) is 17.0. The Kier molecular flexibility index (Phi) is 7.66. The molecule has 4 nitrogen and oxygen atoms in total. The van der Waals surface area contributed by atoms with Crippen LogP contribution in [-0.2, 0) is 6.42 Å². The summed E-state index contributed by atoms with van der Waals surface area (Å²) in [6, 6.07) is 13.6. The second-order valence-corrected chi connectivity index (χ2v) is 8.76. The largest absolute Gasteiger partial charge is 0.573 e. The molecule has 2 unspecified atom stereocenters. The molecule has 210 valence electrons. The number of rotatable bonds is 6. The Morgan fingerprint density at radius 1 is 0.795 bits per heavy atom. The Morgan fingerprint density at radius 3 is 2.00 bits per heavy atom. The van der Waals surface area contributed by atoms with Gasteiger partial charge in [-0.2, -0.15) is 13.2 Å². The Bertz CT molecular complexity index is 1300. The summed E-state index contributed by atoms with van der Waals surface area (Å²) in [5, 5.41) is 9.90. The molecule has 39 heavy (non-hydrogen) atoms. The van der Waals surface area contributed by atoms with E-state index in [0.717, 1.165) is 24.3 Å². The highest BCUT2D eigenvalue weighted by atomic mass is 19.4. The van der Waals surface area contributed by atoms with Crippen molar-refractivity contribution >= 4 is 5.69 Å². The van der Waals surface area contributed by atoms with E-state index in [4.69, 9.17) is 0 Å². The lowest BCUT2D eigenvalue weighted by Gasteiger charge is -2.41. The zero-order valence-corrected chi connectivity index (χ0v) is 19.7. The number of halogens is 9. The molecule has 0 spiro atoms. The van der Waals surface area contributed by atoms with Gasteiger partial charge >= 0.3 is 18.9 Å². The van der Waals surface area contributed by atoms with E-state index in [1.807, 2.05) is 0 Å². The van der Waals surface area contributed by atoms with E-state index in [2.05, 4.69) is 9.47 Å². The fourth-order valence-corrected chi connectivity index (χ4v) is 4.62. The first kappa shape index (κ1) is 28.4. The molecule has 0 saturated heterocycles. The van der Waals surface area contributed by atoms with Crippen molar-refractivity contribution in [3.8, 4) is 22.6 Å². The maximum absolute atomic E-state index is 13.4. The van der Waals surface area contributed by atoms with Crippen molar-refractivity contribution in [3.05, 3.63) is 77.9 Å². The molecular formula is C26H20F9NO3. The molecule has 1 aliphatic rings. The van der Waals surface area contributed by atoms with Crippen molar-refractivity contribution in [3.63, 3.8) is 0 Å². The number of anilines is 1. The summed E-state index contributed by atoms with van der Waals surface area (Å²) in [4.78, 5) is 1.24. The van der Waals surface area contributed by atoms with Gasteiger partial charge in [0, 0.05) is 5.69 Å². The fourth-order valence-electron chi connectivity index (χ4n) is 4.62. The minimum absolute atomic E-state index is 0.128. The third-order valence-electron chi connectivity index (χ3n) is 6.11. The highest BCUT2D eigenvalue weighted by Gasteiger charge is 2.42. The molecule has 1 aliphatic heterocycles. The average Bonchev–Trinajstić information content (AvgIpc) is 2.81. The number of nitrogens with zero attached hydrogens (tertiary/aromatic N) is 1. The smallest absolute Gasteiger partial charge is 0.406 e. The molecule has 2 atom stereocenters. The summed E-state index contributed by atoms with van der Waals surface area (Å²) >= 11 is 0. The molecule has 0 fully saturated rings. The lowest BCUT2D eigenvalue weighted by Crippen LogP contribution is -2.44. The molecule has 0 aromatic heterocycles. The zero-order valence-electron chi connectivity index (χ0n) is 19.7. The molecule has 0 radical (unpaired) electrons.